The summed E-state index contributed by atoms with van der Waals surface area (Å²) in [6.07, 6.45) is 0.498. The highest BCUT2D eigenvalue weighted by Gasteiger charge is 2.09. The average Bonchev–Trinajstić information content (AvgIpc) is 2.18. The molecule has 0 radical (unpaired) electrons. The van der Waals surface area contributed by atoms with E-state index < -0.39 is 10.8 Å². The van der Waals surface area contributed by atoms with Gasteiger partial charge in [-0.3, -0.25) is 4.21 Å². The zero-order valence-electron chi connectivity index (χ0n) is 8.85. The Bertz CT molecular complexity index is 341. The Morgan fingerprint density at radius 2 is 2.27 bits per heavy atom. The molecule has 4 heteroatoms. The lowest BCUT2D eigenvalue weighted by atomic mass is 10.2. The molecule has 84 valence electrons. The van der Waals surface area contributed by atoms with Crippen LogP contribution in [0, 0.1) is 6.92 Å². The van der Waals surface area contributed by atoms with Crippen molar-refractivity contribution in [3.05, 3.63) is 29.8 Å². The van der Waals surface area contributed by atoms with Crippen molar-refractivity contribution in [2.24, 2.45) is 5.73 Å². The van der Waals surface area contributed by atoms with Crippen molar-refractivity contribution in [1.29, 1.82) is 0 Å². The van der Waals surface area contributed by atoms with Gasteiger partial charge in [0.2, 0.25) is 0 Å². The minimum atomic E-state index is -1.06. The van der Waals surface area contributed by atoms with Gasteiger partial charge in [-0.2, -0.15) is 0 Å². The number of rotatable bonds is 5. The van der Waals surface area contributed by atoms with Crippen LogP contribution in [0.25, 0.3) is 0 Å². The lowest BCUT2D eigenvalue weighted by Crippen LogP contribution is -2.28. The second kappa shape index (κ2) is 6.00. The minimum absolute atomic E-state index is 0.0478. The molecular weight excluding hydrogens is 210 g/mol. The van der Waals surface area contributed by atoms with Crippen LogP contribution < -0.4 is 5.73 Å². The lowest BCUT2D eigenvalue weighted by molar-refractivity contribution is 0.279. The van der Waals surface area contributed by atoms with Crippen LogP contribution in [0.2, 0.25) is 0 Å². The van der Waals surface area contributed by atoms with Gasteiger partial charge in [0.1, 0.15) is 0 Å². The number of benzene rings is 1. The summed E-state index contributed by atoms with van der Waals surface area (Å²) in [5, 5.41) is 8.69. The molecule has 0 aliphatic heterocycles. The van der Waals surface area contributed by atoms with E-state index in [-0.39, 0.29) is 12.6 Å². The van der Waals surface area contributed by atoms with Crippen LogP contribution in [0.4, 0.5) is 0 Å². The van der Waals surface area contributed by atoms with Gasteiger partial charge in [-0.25, -0.2) is 0 Å². The molecule has 0 bridgehead atoms. The first-order valence-corrected chi connectivity index (χ1v) is 6.27. The van der Waals surface area contributed by atoms with Gasteiger partial charge in [-0.1, -0.05) is 12.1 Å². The van der Waals surface area contributed by atoms with E-state index in [1.54, 1.807) is 0 Å². The predicted molar refractivity (Wildman–Crippen MR) is 62.1 cm³/mol. The fourth-order valence-electron chi connectivity index (χ4n) is 1.30. The highest BCUT2D eigenvalue weighted by molar-refractivity contribution is 7.85. The molecule has 3 nitrogen and oxygen atoms in total. The maximum atomic E-state index is 11.8. The molecule has 3 N–H and O–H groups in total. The SMILES string of the molecule is Cc1cccc(S(=O)CC(N)CCO)c1. The normalized spacial score (nSPS) is 14.9. The molecule has 0 aliphatic carbocycles. The zero-order valence-corrected chi connectivity index (χ0v) is 9.67. The molecule has 0 fully saturated rings. The van der Waals surface area contributed by atoms with Crippen molar-refractivity contribution in [1.82, 2.24) is 0 Å². The molecule has 0 amide bonds. The summed E-state index contributed by atoms with van der Waals surface area (Å²) in [6.45, 7) is 2.01. The second-order valence-electron chi connectivity index (χ2n) is 3.60. The van der Waals surface area contributed by atoms with Crippen LogP contribution in [0.15, 0.2) is 29.2 Å². The predicted octanol–water partition coefficient (Wildman–Crippen LogP) is 0.812. The third-order valence-corrected chi connectivity index (χ3v) is 3.63. The lowest BCUT2D eigenvalue weighted by Gasteiger charge is -2.09. The van der Waals surface area contributed by atoms with Gasteiger partial charge in [0.15, 0.2) is 0 Å². The molecule has 1 rings (SSSR count). The smallest absolute Gasteiger partial charge is 0.0545 e. The summed E-state index contributed by atoms with van der Waals surface area (Å²) in [4.78, 5) is 0.809. The molecule has 1 aromatic carbocycles. The van der Waals surface area contributed by atoms with Gasteiger partial charge in [0.25, 0.3) is 0 Å². The molecule has 15 heavy (non-hydrogen) atoms. The van der Waals surface area contributed by atoms with Crippen LogP contribution in [0.5, 0.6) is 0 Å². The van der Waals surface area contributed by atoms with Gasteiger partial charge in [-0.15, -0.1) is 0 Å². The number of nitrogens with two attached hydrogens (primary N) is 1. The summed E-state index contributed by atoms with van der Waals surface area (Å²) in [5.74, 6) is 0.407. The third-order valence-electron chi connectivity index (χ3n) is 2.12. The van der Waals surface area contributed by atoms with E-state index in [2.05, 4.69) is 0 Å². The Kier molecular flexibility index (Phi) is 4.94. The Hall–Kier alpha value is -0.710. The van der Waals surface area contributed by atoms with Gasteiger partial charge in [0, 0.05) is 23.3 Å². The Morgan fingerprint density at radius 3 is 2.87 bits per heavy atom. The van der Waals surface area contributed by atoms with Crippen molar-refractivity contribution in [3.8, 4) is 0 Å². The fourth-order valence-corrected chi connectivity index (χ4v) is 2.59. The molecule has 0 aromatic heterocycles. The van der Waals surface area contributed by atoms with E-state index in [9.17, 15) is 4.21 Å². The van der Waals surface area contributed by atoms with E-state index in [0.29, 0.717) is 12.2 Å². The summed E-state index contributed by atoms with van der Waals surface area (Å²) in [7, 11) is -1.06. The van der Waals surface area contributed by atoms with Crippen molar-refractivity contribution >= 4 is 10.8 Å². The van der Waals surface area contributed by atoms with E-state index in [4.69, 9.17) is 10.8 Å². The molecule has 2 unspecified atom stereocenters. The van der Waals surface area contributed by atoms with Crippen LogP contribution in [-0.2, 0) is 10.8 Å². The number of hydrogen-bond donors (Lipinski definition) is 2. The maximum absolute atomic E-state index is 11.8. The second-order valence-corrected chi connectivity index (χ2v) is 5.10. The summed E-state index contributed by atoms with van der Waals surface area (Å²) >= 11 is 0. The van der Waals surface area contributed by atoms with E-state index in [1.807, 2.05) is 31.2 Å². The third kappa shape index (κ3) is 4.11. The van der Waals surface area contributed by atoms with Crippen LogP contribution in [0.1, 0.15) is 12.0 Å². The van der Waals surface area contributed by atoms with Crippen molar-refractivity contribution in [2.75, 3.05) is 12.4 Å². The number of hydrogen-bond acceptors (Lipinski definition) is 3. The first-order valence-electron chi connectivity index (χ1n) is 4.95. The van der Waals surface area contributed by atoms with Crippen LogP contribution in [0.3, 0.4) is 0 Å². The topological polar surface area (TPSA) is 63.3 Å². The van der Waals surface area contributed by atoms with Crippen LogP contribution >= 0.6 is 0 Å². The molecule has 0 saturated carbocycles. The average molecular weight is 227 g/mol. The standard InChI is InChI=1S/C11H17NO2S/c1-9-3-2-4-11(7-9)15(14)8-10(12)5-6-13/h2-4,7,10,13H,5-6,8,12H2,1H3. The molecule has 2 atom stereocenters. The molecule has 0 spiro atoms. The summed E-state index contributed by atoms with van der Waals surface area (Å²) < 4.78 is 11.8. The summed E-state index contributed by atoms with van der Waals surface area (Å²) in [5.41, 5.74) is 6.80. The van der Waals surface area contributed by atoms with E-state index in [0.717, 1.165) is 10.5 Å². The van der Waals surface area contributed by atoms with Gasteiger partial charge in [0.05, 0.1) is 10.8 Å². The molecule has 0 heterocycles. The van der Waals surface area contributed by atoms with Crippen LogP contribution in [-0.4, -0.2) is 27.7 Å². The highest BCUT2D eigenvalue weighted by atomic mass is 32.2. The van der Waals surface area contributed by atoms with Crippen molar-refractivity contribution < 1.29 is 9.32 Å². The number of aliphatic hydroxyl groups excluding tert-OH is 1. The Balaban J connectivity index is 2.61. The monoisotopic (exact) mass is 227 g/mol. The van der Waals surface area contributed by atoms with Gasteiger partial charge < -0.3 is 10.8 Å². The first-order chi connectivity index (χ1) is 7.13. The molecule has 1 aromatic rings. The quantitative estimate of drug-likeness (QED) is 0.782. The Morgan fingerprint density at radius 1 is 1.53 bits per heavy atom. The molecular formula is C11H17NO2S. The zero-order chi connectivity index (χ0) is 11.3. The van der Waals surface area contributed by atoms with Gasteiger partial charge >= 0.3 is 0 Å². The minimum Gasteiger partial charge on any atom is -0.396 e. The van der Waals surface area contributed by atoms with Gasteiger partial charge in [-0.05, 0) is 31.0 Å². The fraction of sp³-hybridized carbons (Fsp3) is 0.455. The largest absolute Gasteiger partial charge is 0.396 e. The summed E-state index contributed by atoms with van der Waals surface area (Å²) in [6, 6.07) is 7.40. The highest BCUT2D eigenvalue weighted by Crippen LogP contribution is 2.10. The Labute approximate surface area is 92.8 Å². The molecule has 0 aliphatic rings. The maximum Gasteiger partial charge on any atom is 0.0545 e. The van der Waals surface area contributed by atoms with Crippen molar-refractivity contribution in [2.45, 2.75) is 24.3 Å². The van der Waals surface area contributed by atoms with E-state index in [1.165, 1.54) is 0 Å². The molecule has 0 saturated heterocycles. The van der Waals surface area contributed by atoms with E-state index >= 15 is 0 Å². The number of aliphatic hydroxyl groups is 1. The first kappa shape index (κ1) is 12.4. The van der Waals surface area contributed by atoms with Crippen molar-refractivity contribution in [3.63, 3.8) is 0 Å². The number of aryl methyl sites for hydroxylation is 1.